The number of hydrogen-bond donors (Lipinski definition) is 1. The van der Waals surface area contributed by atoms with Crippen LogP contribution in [0.2, 0.25) is 0 Å². The second kappa shape index (κ2) is 9.22. The van der Waals surface area contributed by atoms with E-state index in [9.17, 15) is 8.42 Å². The van der Waals surface area contributed by atoms with E-state index in [2.05, 4.69) is 9.62 Å². The monoisotopic (exact) mass is 434 g/mol. The third-order valence-electron chi connectivity index (χ3n) is 5.28. The average molecular weight is 435 g/mol. The zero-order valence-electron chi connectivity index (χ0n) is 16.9. The molecule has 0 radical (unpaired) electrons. The van der Waals surface area contributed by atoms with Crippen LogP contribution in [0, 0.1) is 0 Å². The number of morpholine rings is 1. The van der Waals surface area contributed by atoms with Crippen LogP contribution in [-0.2, 0) is 14.8 Å². The zero-order valence-corrected chi connectivity index (χ0v) is 17.7. The molecule has 0 unspecified atom stereocenters. The van der Waals surface area contributed by atoms with Gasteiger partial charge in [0, 0.05) is 31.3 Å². The molecule has 1 saturated heterocycles. The molecule has 162 valence electrons. The fourth-order valence-corrected chi connectivity index (χ4v) is 4.78. The van der Waals surface area contributed by atoms with Gasteiger partial charge in [0.25, 0.3) is 0 Å². The molecule has 1 N–H and O–H groups in total. The van der Waals surface area contributed by atoms with Crippen molar-refractivity contribution in [3.63, 3.8) is 0 Å². The summed E-state index contributed by atoms with van der Waals surface area (Å²) < 4.78 is 50.8. The predicted octanol–water partition coefficient (Wildman–Crippen LogP) is 1.82. The number of para-hydroxylation sites is 1. The third kappa shape index (κ3) is 4.54. The first-order chi connectivity index (χ1) is 14.6. The van der Waals surface area contributed by atoms with E-state index in [0.717, 1.165) is 11.3 Å². The smallest absolute Gasteiger partial charge is 0.240 e. The molecule has 0 amide bonds. The molecule has 9 heteroatoms. The lowest BCUT2D eigenvalue weighted by molar-refractivity contribution is 0.0167. The van der Waals surface area contributed by atoms with E-state index in [1.165, 1.54) is 12.1 Å². The Morgan fingerprint density at radius 2 is 1.77 bits per heavy atom. The minimum Gasteiger partial charge on any atom is -0.496 e. The van der Waals surface area contributed by atoms with Gasteiger partial charge in [0.05, 0.1) is 31.3 Å². The summed E-state index contributed by atoms with van der Waals surface area (Å²) in [7, 11) is -2.12. The van der Waals surface area contributed by atoms with Gasteiger partial charge in [-0.25, -0.2) is 13.1 Å². The molecule has 0 bridgehead atoms. The van der Waals surface area contributed by atoms with Gasteiger partial charge in [0.1, 0.15) is 19.0 Å². The lowest BCUT2D eigenvalue weighted by atomic mass is 10.0. The summed E-state index contributed by atoms with van der Waals surface area (Å²) in [5.74, 6) is 1.73. The fourth-order valence-electron chi connectivity index (χ4n) is 3.73. The van der Waals surface area contributed by atoms with Crippen LogP contribution in [0.25, 0.3) is 0 Å². The van der Waals surface area contributed by atoms with Crippen LogP contribution in [0.5, 0.6) is 17.2 Å². The molecule has 2 aliphatic heterocycles. The molecule has 2 heterocycles. The first kappa shape index (κ1) is 20.9. The summed E-state index contributed by atoms with van der Waals surface area (Å²) in [5, 5.41) is 0. The minimum atomic E-state index is -3.74. The van der Waals surface area contributed by atoms with E-state index < -0.39 is 10.0 Å². The van der Waals surface area contributed by atoms with Crippen LogP contribution in [-0.4, -0.2) is 66.5 Å². The van der Waals surface area contributed by atoms with Crippen molar-refractivity contribution in [3.05, 3.63) is 48.0 Å². The summed E-state index contributed by atoms with van der Waals surface area (Å²) in [5.41, 5.74) is 0.937. The van der Waals surface area contributed by atoms with E-state index in [4.69, 9.17) is 18.9 Å². The molecule has 1 atom stereocenters. The molecule has 30 heavy (non-hydrogen) atoms. The largest absolute Gasteiger partial charge is 0.496 e. The lowest BCUT2D eigenvalue weighted by Gasteiger charge is -2.35. The van der Waals surface area contributed by atoms with Crippen molar-refractivity contribution >= 4 is 10.0 Å². The highest BCUT2D eigenvalue weighted by atomic mass is 32.2. The number of nitrogens with zero attached hydrogens (tertiary/aromatic N) is 1. The Labute approximate surface area is 176 Å². The summed E-state index contributed by atoms with van der Waals surface area (Å²) in [6, 6.07) is 12.2. The molecule has 2 aromatic carbocycles. The van der Waals surface area contributed by atoms with Gasteiger partial charge in [-0.15, -0.1) is 0 Å². The Bertz CT molecular complexity index is 975. The van der Waals surface area contributed by atoms with Crippen LogP contribution < -0.4 is 18.9 Å². The highest BCUT2D eigenvalue weighted by Gasteiger charge is 2.27. The maximum absolute atomic E-state index is 13.0. The number of fused-ring (bicyclic) bond motifs is 1. The minimum absolute atomic E-state index is 0.146. The number of sulfonamides is 1. The molecule has 0 saturated carbocycles. The van der Waals surface area contributed by atoms with Crippen molar-refractivity contribution in [1.29, 1.82) is 0 Å². The molecule has 0 spiro atoms. The van der Waals surface area contributed by atoms with Crippen LogP contribution in [0.4, 0.5) is 0 Å². The van der Waals surface area contributed by atoms with Gasteiger partial charge in [-0.05, 0) is 18.2 Å². The Morgan fingerprint density at radius 3 is 2.53 bits per heavy atom. The van der Waals surface area contributed by atoms with Gasteiger partial charge in [0.15, 0.2) is 11.5 Å². The second-order valence-electron chi connectivity index (χ2n) is 7.06. The molecule has 0 aliphatic carbocycles. The first-order valence-electron chi connectivity index (χ1n) is 9.92. The number of hydrogen-bond acceptors (Lipinski definition) is 7. The number of ether oxygens (including phenoxy) is 4. The van der Waals surface area contributed by atoms with Crippen LogP contribution in [0.1, 0.15) is 11.6 Å². The van der Waals surface area contributed by atoms with Gasteiger partial charge < -0.3 is 18.9 Å². The second-order valence-corrected chi connectivity index (χ2v) is 8.83. The summed E-state index contributed by atoms with van der Waals surface area (Å²) in [6.07, 6.45) is 0. The van der Waals surface area contributed by atoms with E-state index >= 15 is 0 Å². The Kier molecular flexibility index (Phi) is 6.43. The van der Waals surface area contributed by atoms with E-state index in [-0.39, 0.29) is 17.5 Å². The van der Waals surface area contributed by atoms with Crippen LogP contribution >= 0.6 is 0 Å². The average Bonchev–Trinajstić information content (AvgIpc) is 2.80. The number of methoxy groups -OCH3 is 1. The van der Waals surface area contributed by atoms with Crippen molar-refractivity contribution in [1.82, 2.24) is 9.62 Å². The Balaban J connectivity index is 1.57. The number of rotatable bonds is 7. The molecule has 2 aliphatic rings. The topological polar surface area (TPSA) is 86.3 Å². The van der Waals surface area contributed by atoms with Crippen molar-refractivity contribution in [2.45, 2.75) is 10.9 Å². The highest BCUT2D eigenvalue weighted by Crippen LogP contribution is 2.33. The van der Waals surface area contributed by atoms with Gasteiger partial charge in [-0.1, -0.05) is 18.2 Å². The van der Waals surface area contributed by atoms with Gasteiger partial charge >= 0.3 is 0 Å². The molecule has 1 fully saturated rings. The molecule has 2 aromatic rings. The van der Waals surface area contributed by atoms with E-state index in [1.54, 1.807) is 13.2 Å². The summed E-state index contributed by atoms with van der Waals surface area (Å²) in [6.45, 7) is 3.72. The number of nitrogens with one attached hydrogen (secondary N) is 1. The molecular formula is C21H26N2O6S. The van der Waals surface area contributed by atoms with Crippen molar-refractivity contribution in [2.24, 2.45) is 0 Å². The van der Waals surface area contributed by atoms with Crippen LogP contribution in [0.15, 0.2) is 47.4 Å². The fraction of sp³-hybridized carbons (Fsp3) is 0.429. The first-order valence-corrected chi connectivity index (χ1v) is 11.4. The maximum atomic E-state index is 13.0. The standard InChI is InChI=1S/C21H26N2O6S/c1-26-19-5-3-2-4-17(19)18(23-8-10-27-11-9-23)15-22-30(24,25)16-6-7-20-21(14-16)29-13-12-28-20/h2-7,14,18,22H,8-13,15H2,1H3/t18-/m0/s1. The van der Waals surface area contributed by atoms with Crippen molar-refractivity contribution in [3.8, 4) is 17.2 Å². The molecule has 8 nitrogen and oxygen atoms in total. The van der Waals surface area contributed by atoms with E-state index in [1.807, 2.05) is 24.3 Å². The zero-order chi connectivity index (χ0) is 21.0. The summed E-state index contributed by atoms with van der Waals surface area (Å²) in [4.78, 5) is 2.36. The van der Waals surface area contributed by atoms with Gasteiger partial charge in [-0.3, -0.25) is 4.90 Å². The van der Waals surface area contributed by atoms with Gasteiger partial charge in [0.2, 0.25) is 10.0 Å². The molecule has 4 rings (SSSR count). The predicted molar refractivity (Wildman–Crippen MR) is 111 cm³/mol. The number of benzene rings is 2. The Morgan fingerprint density at radius 1 is 1.03 bits per heavy atom. The van der Waals surface area contributed by atoms with Gasteiger partial charge in [-0.2, -0.15) is 0 Å². The van der Waals surface area contributed by atoms with Crippen molar-refractivity contribution < 1.29 is 27.4 Å². The lowest BCUT2D eigenvalue weighted by Crippen LogP contribution is -2.43. The van der Waals surface area contributed by atoms with E-state index in [0.29, 0.717) is 51.0 Å². The maximum Gasteiger partial charge on any atom is 0.240 e. The molecular weight excluding hydrogens is 408 g/mol. The third-order valence-corrected chi connectivity index (χ3v) is 6.70. The quantitative estimate of drug-likeness (QED) is 0.711. The summed E-state index contributed by atoms with van der Waals surface area (Å²) >= 11 is 0. The van der Waals surface area contributed by atoms with Crippen LogP contribution in [0.3, 0.4) is 0 Å². The highest BCUT2D eigenvalue weighted by molar-refractivity contribution is 7.89. The SMILES string of the molecule is COc1ccccc1[C@H](CNS(=O)(=O)c1ccc2c(c1)OCCO2)N1CCOCC1. The van der Waals surface area contributed by atoms with Crippen molar-refractivity contribution in [2.75, 3.05) is 53.2 Å². The molecule has 0 aromatic heterocycles. The normalized spacial score (nSPS) is 18.0. The Hall–Kier alpha value is -2.33.